The smallest absolute Gasteiger partial charge is 0.257 e. The Balaban J connectivity index is 1.62. The van der Waals surface area contributed by atoms with Gasteiger partial charge in [0.05, 0.1) is 0 Å². The number of amides is 1. The van der Waals surface area contributed by atoms with Gasteiger partial charge in [-0.15, -0.1) is 0 Å². The van der Waals surface area contributed by atoms with E-state index in [2.05, 4.69) is 10.1 Å². The number of aromatic nitrogens is 2. The second-order valence-corrected chi connectivity index (χ2v) is 5.87. The fraction of sp³-hybridized carbons (Fsp3) is 0.211. The van der Waals surface area contributed by atoms with E-state index in [1.807, 2.05) is 25.1 Å². The fourth-order valence-corrected chi connectivity index (χ4v) is 2.43. The van der Waals surface area contributed by atoms with Crippen molar-refractivity contribution in [2.45, 2.75) is 13.3 Å². The largest absolute Gasteiger partial charge is 0.341 e. The quantitative estimate of drug-likeness (QED) is 0.714. The second kappa shape index (κ2) is 7.25. The van der Waals surface area contributed by atoms with Gasteiger partial charge in [0.25, 0.3) is 11.8 Å². The van der Waals surface area contributed by atoms with Crippen molar-refractivity contribution in [3.8, 4) is 11.5 Å². The van der Waals surface area contributed by atoms with Gasteiger partial charge in [-0.3, -0.25) is 4.79 Å². The zero-order chi connectivity index (χ0) is 17.8. The maximum absolute atomic E-state index is 13.0. The van der Waals surface area contributed by atoms with Crippen molar-refractivity contribution in [3.05, 3.63) is 71.3 Å². The summed E-state index contributed by atoms with van der Waals surface area (Å²) >= 11 is 0. The average Bonchev–Trinajstić information content (AvgIpc) is 3.08. The molecule has 0 saturated heterocycles. The molecule has 0 aliphatic carbocycles. The maximum atomic E-state index is 13.0. The molecule has 0 N–H and O–H groups in total. The Morgan fingerprint density at radius 2 is 1.96 bits per heavy atom. The van der Waals surface area contributed by atoms with Crippen LogP contribution in [-0.2, 0) is 6.42 Å². The van der Waals surface area contributed by atoms with Crippen molar-refractivity contribution in [2.24, 2.45) is 0 Å². The van der Waals surface area contributed by atoms with E-state index in [1.54, 1.807) is 30.1 Å². The highest BCUT2D eigenvalue weighted by Gasteiger charge is 2.14. The zero-order valence-electron chi connectivity index (χ0n) is 14.1. The first kappa shape index (κ1) is 16.8. The Morgan fingerprint density at radius 3 is 2.68 bits per heavy atom. The first-order valence-corrected chi connectivity index (χ1v) is 7.93. The molecule has 6 heteroatoms. The van der Waals surface area contributed by atoms with Crippen LogP contribution >= 0.6 is 0 Å². The summed E-state index contributed by atoms with van der Waals surface area (Å²) in [5.74, 6) is 0.469. The molecule has 0 radical (unpaired) electrons. The number of aryl methyl sites for hydroxylation is 1. The third-order valence-electron chi connectivity index (χ3n) is 3.84. The number of halogens is 1. The van der Waals surface area contributed by atoms with Crippen LogP contribution in [0.3, 0.4) is 0 Å². The number of hydrogen-bond acceptors (Lipinski definition) is 4. The van der Waals surface area contributed by atoms with Gasteiger partial charge in [0.15, 0.2) is 5.82 Å². The summed E-state index contributed by atoms with van der Waals surface area (Å²) in [7, 11) is 1.74. The van der Waals surface area contributed by atoms with Gasteiger partial charge >= 0.3 is 0 Å². The highest BCUT2D eigenvalue weighted by molar-refractivity contribution is 5.94. The first-order valence-electron chi connectivity index (χ1n) is 7.93. The Labute approximate surface area is 145 Å². The number of carbonyl (C=O) groups excluding carboxylic acids is 1. The zero-order valence-corrected chi connectivity index (χ0v) is 14.1. The van der Waals surface area contributed by atoms with Crippen molar-refractivity contribution in [1.29, 1.82) is 0 Å². The summed E-state index contributed by atoms with van der Waals surface area (Å²) in [5.41, 5.74) is 2.35. The number of hydrogen-bond donors (Lipinski definition) is 0. The van der Waals surface area contributed by atoms with Crippen molar-refractivity contribution >= 4 is 5.91 Å². The highest BCUT2D eigenvalue weighted by atomic mass is 19.1. The number of carbonyl (C=O) groups is 1. The van der Waals surface area contributed by atoms with Gasteiger partial charge in [0, 0.05) is 31.1 Å². The summed E-state index contributed by atoms with van der Waals surface area (Å²) in [4.78, 5) is 18.3. The van der Waals surface area contributed by atoms with Gasteiger partial charge < -0.3 is 9.42 Å². The van der Waals surface area contributed by atoms with Crippen LogP contribution in [0.25, 0.3) is 11.5 Å². The molecule has 2 aromatic carbocycles. The molecule has 1 aromatic heterocycles. The van der Waals surface area contributed by atoms with Gasteiger partial charge in [-0.25, -0.2) is 4.39 Å². The number of nitrogens with zero attached hydrogens (tertiary/aromatic N) is 3. The highest BCUT2D eigenvalue weighted by Crippen LogP contribution is 2.17. The van der Waals surface area contributed by atoms with Crippen LogP contribution in [0.4, 0.5) is 4.39 Å². The molecule has 1 heterocycles. The summed E-state index contributed by atoms with van der Waals surface area (Å²) in [6.45, 7) is 2.42. The van der Waals surface area contributed by atoms with Crippen LogP contribution in [-0.4, -0.2) is 34.5 Å². The lowest BCUT2D eigenvalue weighted by molar-refractivity contribution is 0.0795. The lowest BCUT2D eigenvalue weighted by Crippen LogP contribution is -2.29. The lowest BCUT2D eigenvalue weighted by atomic mass is 10.1. The van der Waals surface area contributed by atoms with E-state index in [9.17, 15) is 9.18 Å². The molecule has 0 unspecified atom stereocenters. The molecular weight excluding hydrogens is 321 g/mol. The summed E-state index contributed by atoms with van der Waals surface area (Å²) < 4.78 is 18.2. The van der Waals surface area contributed by atoms with Crippen LogP contribution < -0.4 is 0 Å². The van der Waals surface area contributed by atoms with E-state index < -0.39 is 0 Å². The minimum absolute atomic E-state index is 0.0500. The summed E-state index contributed by atoms with van der Waals surface area (Å²) in [5, 5.41) is 3.92. The molecule has 0 aliphatic rings. The van der Waals surface area contributed by atoms with Crippen molar-refractivity contribution in [1.82, 2.24) is 15.0 Å². The molecule has 1 amide bonds. The Kier molecular flexibility index (Phi) is 4.88. The maximum Gasteiger partial charge on any atom is 0.257 e. The molecule has 25 heavy (non-hydrogen) atoms. The third-order valence-corrected chi connectivity index (χ3v) is 3.84. The van der Waals surface area contributed by atoms with Gasteiger partial charge in [-0.1, -0.05) is 22.9 Å². The molecule has 0 saturated carbocycles. The normalized spacial score (nSPS) is 10.7. The van der Waals surface area contributed by atoms with Gasteiger partial charge in [-0.05, 0) is 43.3 Å². The average molecular weight is 339 g/mol. The minimum Gasteiger partial charge on any atom is -0.341 e. The van der Waals surface area contributed by atoms with E-state index in [4.69, 9.17) is 4.52 Å². The van der Waals surface area contributed by atoms with E-state index >= 15 is 0 Å². The van der Waals surface area contributed by atoms with Crippen molar-refractivity contribution in [2.75, 3.05) is 13.6 Å². The molecule has 0 aliphatic heterocycles. The molecule has 0 bridgehead atoms. The predicted molar refractivity (Wildman–Crippen MR) is 91.5 cm³/mol. The number of rotatable bonds is 5. The predicted octanol–water partition coefficient (Wildman–Crippen LogP) is 3.50. The monoisotopic (exact) mass is 339 g/mol. The SMILES string of the molecule is Cc1cccc(C(=O)N(C)CCc2noc(-c3ccc(F)cc3)n2)c1. The van der Waals surface area contributed by atoms with Crippen LogP contribution in [0.1, 0.15) is 21.7 Å². The lowest BCUT2D eigenvalue weighted by Gasteiger charge is -2.16. The Bertz CT molecular complexity index is 874. The molecule has 128 valence electrons. The number of likely N-dealkylation sites (N-methyl/N-ethyl adjacent to an activating group) is 1. The molecule has 3 aromatic rings. The van der Waals surface area contributed by atoms with Crippen molar-refractivity contribution < 1.29 is 13.7 Å². The van der Waals surface area contributed by atoms with Gasteiger partial charge in [0.2, 0.25) is 0 Å². The topological polar surface area (TPSA) is 59.2 Å². The molecule has 5 nitrogen and oxygen atoms in total. The van der Waals surface area contributed by atoms with Crippen LogP contribution in [0, 0.1) is 12.7 Å². The molecule has 3 rings (SSSR count). The second-order valence-electron chi connectivity index (χ2n) is 5.87. The molecule has 0 atom stereocenters. The summed E-state index contributed by atoms with van der Waals surface area (Å²) in [6, 6.07) is 13.3. The number of benzene rings is 2. The Morgan fingerprint density at radius 1 is 1.20 bits per heavy atom. The molecule has 0 fully saturated rings. The van der Waals surface area contributed by atoms with Crippen LogP contribution in [0.5, 0.6) is 0 Å². The van der Waals surface area contributed by atoms with E-state index in [0.717, 1.165) is 5.56 Å². The van der Waals surface area contributed by atoms with Crippen molar-refractivity contribution in [3.63, 3.8) is 0 Å². The molecule has 0 spiro atoms. The molecular formula is C19H18FN3O2. The minimum atomic E-state index is -0.320. The van der Waals surface area contributed by atoms with E-state index in [0.29, 0.717) is 35.8 Å². The van der Waals surface area contributed by atoms with E-state index in [-0.39, 0.29) is 11.7 Å². The van der Waals surface area contributed by atoms with Gasteiger partial charge in [-0.2, -0.15) is 4.98 Å². The summed E-state index contributed by atoms with van der Waals surface area (Å²) in [6.07, 6.45) is 0.471. The fourth-order valence-electron chi connectivity index (χ4n) is 2.43. The third kappa shape index (κ3) is 4.09. The standard InChI is InChI=1S/C19H18FN3O2/c1-13-4-3-5-15(12-13)19(24)23(2)11-10-17-21-18(25-22-17)14-6-8-16(20)9-7-14/h3-9,12H,10-11H2,1-2H3. The van der Waals surface area contributed by atoms with E-state index in [1.165, 1.54) is 12.1 Å². The Hall–Kier alpha value is -3.02. The van der Waals surface area contributed by atoms with Gasteiger partial charge in [0.1, 0.15) is 5.82 Å². The first-order chi connectivity index (χ1) is 12.0. The van der Waals surface area contributed by atoms with Crippen LogP contribution in [0.15, 0.2) is 53.1 Å². The van der Waals surface area contributed by atoms with Crippen LogP contribution in [0.2, 0.25) is 0 Å².